The van der Waals surface area contributed by atoms with Gasteiger partial charge in [-0.1, -0.05) is 56.2 Å². The summed E-state index contributed by atoms with van der Waals surface area (Å²) in [5.41, 5.74) is 4.45. The van der Waals surface area contributed by atoms with E-state index >= 15 is 0 Å². The lowest BCUT2D eigenvalue weighted by Gasteiger charge is -2.52. The summed E-state index contributed by atoms with van der Waals surface area (Å²) in [6, 6.07) is 9.73. The van der Waals surface area contributed by atoms with E-state index in [1.165, 1.54) is 11.1 Å². The minimum atomic E-state index is -1.12. The molecular weight excluding hydrogens is 428 g/mol. The second kappa shape index (κ2) is 8.37. The minimum Gasteiger partial charge on any atom is -0.500 e. The normalized spacial score (nSPS) is 37.8. The van der Waals surface area contributed by atoms with Gasteiger partial charge in [0.15, 0.2) is 5.78 Å². The summed E-state index contributed by atoms with van der Waals surface area (Å²) in [6.45, 7) is 7.13. The molecule has 5 rings (SSSR count). The van der Waals surface area contributed by atoms with E-state index in [0.717, 1.165) is 42.8 Å². The van der Waals surface area contributed by atoms with Crippen LogP contribution in [0.1, 0.15) is 59.3 Å². The lowest BCUT2D eigenvalue weighted by molar-refractivity contribution is -0.115. The molecular formula is C29H36O3S. The van der Waals surface area contributed by atoms with Gasteiger partial charge in [0.2, 0.25) is 0 Å². The van der Waals surface area contributed by atoms with Crippen molar-refractivity contribution >= 4 is 16.6 Å². The molecule has 0 aliphatic heterocycles. The summed E-state index contributed by atoms with van der Waals surface area (Å²) in [5, 5.41) is 0. The van der Waals surface area contributed by atoms with E-state index in [4.69, 9.17) is 4.74 Å². The highest BCUT2D eigenvalue weighted by molar-refractivity contribution is 7.85. The van der Waals surface area contributed by atoms with Gasteiger partial charge in [-0.25, -0.2) is 0 Å². The fraction of sp³-hybridized carbons (Fsp3) is 0.552. The van der Waals surface area contributed by atoms with Gasteiger partial charge in [-0.3, -0.25) is 9.00 Å². The van der Waals surface area contributed by atoms with Gasteiger partial charge in [-0.2, -0.15) is 0 Å². The monoisotopic (exact) mass is 464 g/mol. The maximum absolute atomic E-state index is 13.1. The molecule has 0 heterocycles. The molecule has 3 nitrogen and oxygen atoms in total. The number of methoxy groups -OCH3 is 1. The fourth-order valence-corrected chi connectivity index (χ4v) is 8.77. The molecule has 33 heavy (non-hydrogen) atoms. The Kier molecular flexibility index (Phi) is 5.79. The van der Waals surface area contributed by atoms with Crippen LogP contribution in [0.4, 0.5) is 0 Å². The molecule has 6 atom stereocenters. The molecule has 2 fully saturated rings. The maximum atomic E-state index is 13.1. The van der Waals surface area contributed by atoms with Crippen LogP contribution in [0, 0.1) is 28.6 Å². The van der Waals surface area contributed by atoms with E-state index in [1.807, 2.05) is 36.4 Å². The van der Waals surface area contributed by atoms with Gasteiger partial charge in [0, 0.05) is 16.7 Å². The Morgan fingerprint density at radius 1 is 1.18 bits per heavy atom. The third-order valence-electron chi connectivity index (χ3n) is 9.26. The lowest BCUT2D eigenvalue weighted by Crippen LogP contribution is -2.43. The third-order valence-corrected chi connectivity index (χ3v) is 10.6. The molecule has 4 heteroatoms. The van der Waals surface area contributed by atoms with Crippen molar-refractivity contribution in [3.8, 4) is 0 Å². The average molecular weight is 465 g/mol. The SMILES string of the molecule is COC(CS(=O)c1ccccc1)=C1[C@H](C)C[C@H]2[C@@H]3CCC4=CC(=O)CC[C@]4(C)C3=CC[C@]12C. The van der Waals surface area contributed by atoms with Crippen molar-refractivity contribution in [2.24, 2.45) is 28.6 Å². The molecule has 0 saturated heterocycles. The predicted molar refractivity (Wildman–Crippen MR) is 133 cm³/mol. The van der Waals surface area contributed by atoms with E-state index in [-0.39, 0.29) is 10.8 Å². The summed E-state index contributed by atoms with van der Waals surface area (Å²) in [4.78, 5) is 13.0. The Bertz CT molecular complexity index is 1080. The first kappa shape index (κ1) is 22.8. The zero-order valence-electron chi connectivity index (χ0n) is 20.4. The molecule has 4 aliphatic rings. The number of allylic oxidation sites excluding steroid dienone is 5. The van der Waals surface area contributed by atoms with E-state index in [9.17, 15) is 9.00 Å². The van der Waals surface area contributed by atoms with Crippen molar-refractivity contribution in [1.29, 1.82) is 0 Å². The van der Waals surface area contributed by atoms with Crippen molar-refractivity contribution in [1.82, 2.24) is 0 Å². The number of hydrogen-bond donors (Lipinski definition) is 0. The quantitative estimate of drug-likeness (QED) is 0.383. The number of ether oxygens (including phenoxy) is 1. The first-order chi connectivity index (χ1) is 15.8. The standard InChI is InChI=1S/C29H36O3S/c1-19-16-25-23-11-10-20-17-21(30)12-14-28(20,2)24(23)13-15-29(25,3)27(19)26(32-4)18-33(31)22-8-6-5-7-9-22/h5-9,13,17,19,23,25H,10-12,14-16,18H2,1-4H3/t19-,23-,25+,28+,29+,33?/m1/s1. The number of carbonyl (C=O) groups is 1. The van der Waals surface area contributed by atoms with Gasteiger partial charge in [0.05, 0.1) is 23.7 Å². The van der Waals surface area contributed by atoms with Crippen molar-refractivity contribution in [3.05, 3.63) is 65.0 Å². The molecule has 2 saturated carbocycles. The highest BCUT2D eigenvalue weighted by Crippen LogP contribution is 2.66. The first-order valence-corrected chi connectivity index (χ1v) is 13.7. The average Bonchev–Trinajstić information content (AvgIpc) is 3.08. The number of fused-ring (bicyclic) bond motifs is 5. The van der Waals surface area contributed by atoms with Crippen molar-refractivity contribution < 1.29 is 13.7 Å². The second-order valence-corrected chi connectivity index (χ2v) is 12.4. The maximum Gasteiger partial charge on any atom is 0.155 e. The highest BCUT2D eigenvalue weighted by Gasteiger charge is 2.56. The molecule has 0 bridgehead atoms. The van der Waals surface area contributed by atoms with Crippen LogP contribution in [0.15, 0.2) is 69.9 Å². The number of rotatable bonds is 4. The van der Waals surface area contributed by atoms with Gasteiger partial charge in [0.1, 0.15) is 5.76 Å². The summed E-state index contributed by atoms with van der Waals surface area (Å²) in [6.07, 6.45) is 10.5. The van der Waals surface area contributed by atoms with Crippen molar-refractivity contribution in [3.63, 3.8) is 0 Å². The van der Waals surface area contributed by atoms with Crippen molar-refractivity contribution in [2.45, 2.75) is 64.2 Å². The van der Waals surface area contributed by atoms with Crippen LogP contribution in [-0.4, -0.2) is 22.9 Å². The molecule has 176 valence electrons. The molecule has 1 unspecified atom stereocenters. The van der Waals surface area contributed by atoms with Crippen LogP contribution >= 0.6 is 0 Å². The van der Waals surface area contributed by atoms with Crippen LogP contribution in [-0.2, 0) is 20.3 Å². The molecule has 0 spiro atoms. The molecule has 0 radical (unpaired) electrons. The molecule has 1 aromatic carbocycles. The van der Waals surface area contributed by atoms with E-state index < -0.39 is 10.8 Å². The van der Waals surface area contributed by atoms with E-state index in [2.05, 4.69) is 26.8 Å². The Morgan fingerprint density at radius 3 is 2.67 bits per heavy atom. The van der Waals surface area contributed by atoms with Crippen molar-refractivity contribution in [2.75, 3.05) is 12.9 Å². The Labute approximate surface area is 200 Å². The third kappa shape index (κ3) is 3.60. The van der Waals surface area contributed by atoms with Gasteiger partial charge in [-0.05, 0) is 79.1 Å². The van der Waals surface area contributed by atoms with Gasteiger partial charge < -0.3 is 4.74 Å². The topological polar surface area (TPSA) is 43.4 Å². The van der Waals surface area contributed by atoms with Gasteiger partial charge >= 0.3 is 0 Å². The molecule has 4 aliphatic carbocycles. The smallest absolute Gasteiger partial charge is 0.155 e. The predicted octanol–water partition coefficient (Wildman–Crippen LogP) is 6.39. The van der Waals surface area contributed by atoms with Crippen LogP contribution in [0.5, 0.6) is 0 Å². The molecule has 0 N–H and O–H groups in total. The number of carbonyl (C=O) groups excluding carboxylic acids is 1. The zero-order valence-corrected chi connectivity index (χ0v) is 21.2. The van der Waals surface area contributed by atoms with Gasteiger partial charge in [0.25, 0.3) is 0 Å². The lowest BCUT2D eigenvalue weighted by atomic mass is 9.51. The van der Waals surface area contributed by atoms with E-state index in [0.29, 0.717) is 35.7 Å². The largest absolute Gasteiger partial charge is 0.500 e. The Balaban J connectivity index is 1.51. The fourth-order valence-electron chi connectivity index (χ4n) is 7.64. The summed E-state index contributed by atoms with van der Waals surface area (Å²) >= 11 is 0. The second-order valence-electron chi connectivity index (χ2n) is 11.0. The van der Waals surface area contributed by atoms with E-state index in [1.54, 1.807) is 12.7 Å². The van der Waals surface area contributed by atoms with Crippen LogP contribution < -0.4 is 0 Å². The first-order valence-electron chi connectivity index (χ1n) is 12.4. The number of hydrogen-bond acceptors (Lipinski definition) is 3. The Hall–Kier alpha value is -1.94. The zero-order chi connectivity index (χ0) is 23.4. The molecule has 0 aromatic heterocycles. The number of ketones is 1. The molecule has 0 amide bonds. The van der Waals surface area contributed by atoms with Crippen LogP contribution in [0.2, 0.25) is 0 Å². The summed E-state index contributed by atoms with van der Waals surface area (Å²) in [7, 11) is 0.630. The molecule has 1 aromatic rings. The van der Waals surface area contributed by atoms with Crippen LogP contribution in [0.25, 0.3) is 0 Å². The Morgan fingerprint density at radius 2 is 1.94 bits per heavy atom. The minimum absolute atomic E-state index is 0.0435. The summed E-state index contributed by atoms with van der Waals surface area (Å²) < 4.78 is 19.1. The van der Waals surface area contributed by atoms with Crippen LogP contribution in [0.3, 0.4) is 0 Å². The number of benzene rings is 1. The van der Waals surface area contributed by atoms with Gasteiger partial charge in [-0.15, -0.1) is 0 Å². The summed E-state index contributed by atoms with van der Waals surface area (Å²) in [5.74, 6) is 3.24. The highest BCUT2D eigenvalue weighted by atomic mass is 32.2.